The highest BCUT2D eigenvalue weighted by Gasteiger charge is 2.20. The van der Waals surface area contributed by atoms with Crippen molar-refractivity contribution < 1.29 is 14.2 Å². The molecule has 112 valence electrons. The van der Waals surface area contributed by atoms with Crippen LogP contribution in [0.15, 0.2) is 18.2 Å². The van der Waals surface area contributed by atoms with E-state index in [0.29, 0.717) is 12.6 Å². The lowest BCUT2D eigenvalue weighted by atomic mass is 10.2. The molecule has 1 saturated carbocycles. The first kappa shape index (κ1) is 15.1. The van der Waals surface area contributed by atoms with Crippen LogP contribution in [0.3, 0.4) is 0 Å². The molecule has 0 bridgehead atoms. The zero-order chi connectivity index (χ0) is 14.2. The summed E-state index contributed by atoms with van der Waals surface area (Å²) >= 11 is 0. The Kier molecular flexibility index (Phi) is 6.15. The smallest absolute Gasteiger partial charge is 0.161 e. The molecule has 1 aliphatic carbocycles. The first-order valence-electron chi connectivity index (χ1n) is 7.44. The Balaban J connectivity index is 1.84. The summed E-state index contributed by atoms with van der Waals surface area (Å²) in [6.45, 7) is 5.04. The highest BCUT2D eigenvalue weighted by molar-refractivity contribution is 5.43. The van der Waals surface area contributed by atoms with Gasteiger partial charge in [0.2, 0.25) is 0 Å². The molecule has 0 aromatic heterocycles. The number of methoxy groups -OCH3 is 1. The van der Waals surface area contributed by atoms with Crippen molar-refractivity contribution in [3.63, 3.8) is 0 Å². The highest BCUT2D eigenvalue weighted by atomic mass is 16.5. The molecule has 1 aromatic carbocycles. The zero-order valence-electron chi connectivity index (χ0n) is 12.5. The summed E-state index contributed by atoms with van der Waals surface area (Å²) in [4.78, 5) is 0. The van der Waals surface area contributed by atoms with Gasteiger partial charge in [0.1, 0.15) is 0 Å². The molecule has 4 nitrogen and oxygen atoms in total. The number of ether oxygens (including phenoxy) is 3. The van der Waals surface area contributed by atoms with Crippen LogP contribution in [0.1, 0.15) is 31.7 Å². The van der Waals surface area contributed by atoms with E-state index in [1.807, 2.05) is 13.0 Å². The molecule has 1 aromatic rings. The number of hydrogen-bond donors (Lipinski definition) is 1. The molecule has 2 rings (SSSR count). The van der Waals surface area contributed by atoms with Gasteiger partial charge in [0.25, 0.3) is 0 Å². The van der Waals surface area contributed by atoms with Gasteiger partial charge in [-0.1, -0.05) is 6.07 Å². The SMILES string of the molecule is CCOCCCOc1cc(CNC2CC2)ccc1OC. The lowest BCUT2D eigenvalue weighted by Crippen LogP contribution is -2.15. The van der Waals surface area contributed by atoms with Gasteiger partial charge in [-0.15, -0.1) is 0 Å². The van der Waals surface area contributed by atoms with Crippen LogP contribution < -0.4 is 14.8 Å². The van der Waals surface area contributed by atoms with Crippen molar-refractivity contribution in [3.8, 4) is 11.5 Å². The third kappa shape index (κ3) is 5.02. The summed E-state index contributed by atoms with van der Waals surface area (Å²) in [5.74, 6) is 1.61. The Morgan fingerprint density at radius 2 is 2.05 bits per heavy atom. The van der Waals surface area contributed by atoms with E-state index in [0.717, 1.165) is 37.7 Å². The fraction of sp³-hybridized carbons (Fsp3) is 0.625. The molecule has 0 saturated heterocycles. The summed E-state index contributed by atoms with van der Waals surface area (Å²) in [5.41, 5.74) is 1.23. The minimum Gasteiger partial charge on any atom is -0.493 e. The lowest BCUT2D eigenvalue weighted by Gasteiger charge is -2.12. The number of hydrogen-bond acceptors (Lipinski definition) is 4. The molecule has 4 heteroatoms. The largest absolute Gasteiger partial charge is 0.493 e. The monoisotopic (exact) mass is 279 g/mol. The van der Waals surface area contributed by atoms with Crippen LogP contribution in [0.5, 0.6) is 11.5 Å². The van der Waals surface area contributed by atoms with Crippen molar-refractivity contribution in [2.45, 2.75) is 38.8 Å². The van der Waals surface area contributed by atoms with Gasteiger partial charge in [0, 0.05) is 32.2 Å². The van der Waals surface area contributed by atoms with Crippen LogP contribution in [0, 0.1) is 0 Å². The first-order valence-corrected chi connectivity index (χ1v) is 7.44. The Hall–Kier alpha value is -1.26. The van der Waals surface area contributed by atoms with Crippen molar-refractivity contribution >= 4 is 0 Å². The third-order valence-electron chi connectivity index (χ3n) is 3.29. The average Bonchev–Trinajstić information content (AvgIpc) is 3.29. The standard InChI is InChI=1S/C16H25NO3/c1-3-19-9-4-10-20-16-11-13(5-8-15(16)18-2)12-17-14-6-7-14/h5,8,11,14,17H,3-4,6-7,9-10,12H2,1-2H3. The molecule has 0 spiro atoms. The Labute approximate surface area is 121 Å². The molecule has 0 atom stereocenters. The minimum atomic E-state index is 0.649. The van der Waals surface area contributed by atoms with E-state index in [2.05, 4.69) is 17.4 Å². The van der Waals surface area contributed by atoms with E-state index in [1.165, 1.54) is 18.4 Å². The molecule has 20 heavy (non-hydrogen) atoms. The van der Waals surface area contributed by atoms with Crippen LogP contribution in [0.4, 0.5) is 0 Å². The van der Waals surface area contributed by atoms with Gasteiger partial charge in [-0.2, -0.15) is 0 Å². The van der Waals surface area contributed by atoms with Crippen LogP contribution in [-0.2, 0) is 11.3 Å². The molecule has 0 aliphatic heterocycles. The summed E-state index contributed by atoms with van der Waals surface area (Å²) in [6.07, 6.45) is 3.50. The summed E-state index contributed by atoms with van der Waals surface area (Å²) < 4.78 is 16.4. The minimum absolute atomic E-state index is 0.649. The Morgan fingerprint density at radius 3 is 2.75 bits per heavy atom. The quantitative estimate of drug-likeness (QED) is 0.669. The van der Waals surface area contributed by atoms with Crippen LogP contribution in [0.25, 0.3) is 0 Å². The highest BCUT2D eigenvalue weighted by Crippen LogP contribution is 2.28. The molecule has 0 radical (unpaired) electrons. The summed E-state index contributed by atoms with van der Waals surface area (Å²) in [7, 11) is 1.67. The van der Waals surface area contributed by atoms with E-state index in [9.17, 15) is 0 Å². The van der Waals surface area contributed by atoms with Crippen LogP contribution in [-0.4, -0.2) is 33.0 Å². The van der Waals surface area contributed by atoms with Gasteiger partial charge in [-0.25, -0.2) is 0 Å². The van der Waals surface area contributed by atoms with Crippen molar-refractivity contribution in [2.24, 2.45) is 0 Å². The van der Waals surface area contributed by atoms with Gasteiger partial charge in [0.05, 0.1) is 13.7 Å². The van der Waals surface area contributed by atoms with E-state index in [4.69, 9.17) is 14.2 Å². The van der Waals surface area contributed by atoms with Crippen molar-refractivity contribution in [1.29, 1.82) is 0 Å². The maximum atomic E-state index is 5.80. The molecule has 0 amide bonds. The summed E-state index contributed by atoms with van der Waals surface area (Å²) in [6, 6.07) is 6.84. The second-order valence-corrected chi connectivity index (χ2v) is 5.04. The van der Waals surface area contributed by atoms with Crippen LogP contribution in [0.2, 0.25) is 0 Å². The predicted octanol–water partition coefficient (Wildman–Crippen LogP) is 2.75. The van der Waals surface area contributed by atoms with Gasteiger partial charge < -0.3 is 19.5 Å². The number of benzene rings is 1. The predicted molar refractivity (Wildman–Crippen MR) is 79.5 cm³/mol. The number of rotatable bonds is 10. The maximum absolute atomic E-state index is 5.80. The van der Waals surface area contributed by atoms with Gasteiger partial charge in [0.15, 0.2) is 11.5 Å². The topological polar surface area (TPSA) is 39.7 Å². The van der Waals surface area contributed by atoms with Crippen molar-refractivity contribution in [3.05, 3.63) is 23.8 Å². The Bertz CT molecular complexity index is 405. The fourth-order valence-electron chi connectivity index (χ4n) is 1.98. The van der Waals surface area contributed by atoms with E-state index in [1.54, 1.807) is 7.11 Å². The third-order valence-corrected chi connectivity index (χ3v) is 3.29. The first-order chi connectivity index (χ1) is 9.83. The molecule has 0 unspecified atom stereocenters. The lowest BCUT2D eigenvalue weighted by molar-refractivity contribution is 0.130. The van der Waals surface area contributed by atoms with Crippen LogP contribution >= 0.6 is 0 Å². The molecular weight excluding hydrogens is 254 g/mol. The van der Waals surface area contributed by atoms with Gasteiger partial charge in [-0.3, -0.25) is 0 Å². The van der Waals surface area contributed by atoms with Crippen molar-refractivity contribution in [2.75, 3.05) is 26.9 Å². The molecule has 1 N–H and O–H groups in total. The molecule has 1 aliphatic rings. The summed E-state index contributed by atoms with van der Waals surface area (Å²) in [5, 5.41) is 3.51. The Morgan fingerprint density at radius 1 is 1.20 bits per heavy atom. The van der Waals surface area contributed by atoms with Gasteiger partial charge in [-0.05, 0) is 37.5 Å². The van der Waals surface area contributed by atoms with E-state index >= 15 is 0 Å². The van der Waals surface area contributed by atoms with Gasteiger partial charge >= 0.3 is 0 Å². The maximum Gasteiger partial charge on any atom is 0.161 e. The average molecular weight is 279 g/mol. The zero-order valence-corrected chi connectivity index (χ0v) is 12.5. The molecule has 0 heterocycles. The number of nitrogens with one attached hydrogen (secondary N) is 1. The van der Waals surface area contributed by atoms with E-state index < -0.39 is 0 Å². The van der Waals surface area contributed by atoms with E-state index in [-0.39, 0.29) is 0 Å². The molecule has 1 fully saturated rings. The molecular formula is C16H25NO3. The normalized spacial score (nSPS) is 14.3. The van der Waals surface area contributed by atoms with Crippen molar-refractivity contribution in [1.82, 2.24) is 5.32 Å². The second-order valence-electron chi connectivity index (χ2n) is 5.04. The fourth-order valence-corrected chi connectivity index (χ4v) is 1.98. The second kappa shape index (κ2) is 8.12.